The summed E-state index contributed by atoms with van der Waals surface area (Å²) in [7, 11) is 0. The van der Waals surface area contributed by atoms with Crippen LogP contribution < -0.4 is 5.73 Å². The molecule has 0 aromatic heterocycles. The number of hydrogen-bond acceptors (Lipinski definition) is 3. The van der Waals surface area contributed by atoms with Crippen LogP contribution in [0.15, 0.2) is 0 Å². The largest absolute Gasteiger partial charge is 0.328 e. The highest BCUT2D eigenvalue weighted by molar-refractivity contribution is 6.05. The molecule has 4 nitrogen and oxygen atoms in total. The molecule has 2 unspecified atom stereocenters. The predicted octanol–water partition coefficient (Wildman–Crippen LogP) is 0.899. The maximum atomic E-state index is 12.1. The van der Waals surface area contributed by atoms with E-state index >= 15 is 0 Å². The number of imide groups is 1. The van der Waals surface area contributed by atoms with Gasteiger partial charge in [0.25, 0.3) is 0 Å². The Morgan fingerprint density at radius 3 is 2.00 bits per heavy atom. The Balaban J connectivity index is 2.33. The average molecular weight is 224 g/mol. The first-order valence-electron chi connectivity index (χ1n) is 6.11. The number of hydrogen-bond donors (Lipinski definition) is 1. The summed E-state index contributed by atoms with van der Waals surface area (Å²) in [6.07, 6.45) is 3.88. The van der Waals surface area contributed by atoms with Crippen LogP contribution in [0.5, 0.6) is 0 Å². The van der Waals surface area contributed by atoms with Crippen molar-refractivity contribution in [3.8, 4) is 0 Å². The van der Waals surface area contributed by atoms with E-state index in [0.717, 1.165) is 25.7 Å². The summed E-state index contributed by atoms with van der Waals surface area (Å²) in [6, 6.07) is 0. The van der Waals surface area contributed by atoms with Crippen molar-refractivity contribution >= 4 is 11.8 Å². The molecule has 1 heterocycles. The van der Waals surface area contributed by atoms with Crippen LogP contribution >= 0.6 is 0 Å². The van der Waals surface area contributed by atoms with Crippen LogP contribution in [0.4, 0.5) is 0 Å². The van der Waals surface area contributed by atoms with Crippen molar-refractivity contribution in [3.63, 3.8) is 0 Å². The van der Waals surface area contributed by atoms with Gasteiger partial charge in [-0.05, 0) is 12.8 Å². The standard InChI is InChI=1S/C12H20N2O2/c1-8-9(2)11(16)14(10(8)15)12(7-13)5-3-4-6-12/h8-9H,3-7,13H2,1-2H3. The number of nitrogens with two attached hydrogens (primary N) is 1. The Labute approximate surface area is 96.2 Å². The topological polar surface area (TPSA) is 63.4 Å². The van der Waals surface area contributed by atoms with E-state index in [9.17, 15) is 9.59 Å². The van der Waals surface area contributed by atoms with Crippen molar-refractivity contribution < 1.29 is 9.59 Å². The fourth-order valence-electron chi connectivity index (χ4n) is 2.96. The third-order valence-corrected chi connectivity index (χ3v) is 4.36. The van der Waals surface area contributed by atoms with Crippen LogP contribution in [-0.4, -0.2) is 28.8 Å². The normalized spacial score (nSPS) is 33.8. The molecule has 2 aliphatic rings. The first kappa shape index (κ1) is 11.6. The molecule has 1 aliphatic carbocycles. The quantitative estimate of drug-likeness (QED) is 0.709. The smallest absolute Gasteiger partial charge is 0.233 e. The minimum absolute atomic E-state index is 0.0233. The highest BCUT2D eigenvalue weighted by Gasteiger charge is 2.52. The van der Waals surface area contributed by atoms with Crippen molar-refractivity contribution in [2.24, 2.45) is 17.6 Å². The summed E-state index contributed by atoms with van der Waals surface area (Å²) in [6.45, 7) is 4.08. The summed E-state index contributed by atoms with van der Waals surface area (Å²) in [4.78, 5) is 25.7. The van der Waals surface area contributed by atoms with Crippen LogP contribution in [0.2, 0.25) is 0 Å². The van der Waals surface area contributed by atoms with E-state index in [0.29, 0.717) is 6.54 Å². The molecule has 16 heavy (non-hydrogen) atoms. The summed E-state index contributed by atoms with van der Waals surface area (Å²) in [5.74, 6) is -0.414. The molecule has 1 aliphatic heterocycles. The zero-order valence-electron chi connectivity index (χ0n) is 10.0. The molecule has 1 saturated carbocycles. The van der Waals surface area contributed by atoms with Gasteiger partial charge in [0.05, 0.1) is 5.54 Å². The Morgan fingerprint density at radius 1 is 1.19 bits per heavy atom. The van der Waals surface area contributed by atoms with Gasteiger partial charge in [0.2, 0.25) is 11.8 Å². The predicted molar refractivity (Wildman–Crippen MR) is 60.4 cm³/mol. The number of carbonyl (C=O) groups is 2. The van der Waals surface area contributed by atoms with Crippen LogP contribution in [0.3, 0.4) is 0 Å². The molecular formula is C12H20N2O2. The van der Waals surface area contributed by atoms with Gasteiger partial charge in [-0.15, -0.1) is 0 Å². The molecule has 2 amide bonds. The molecule has 4 heteroatoms. The van der Waals surface area contributed by atoms with Crippen molar-refractivity contribution in [1.29, 1.82) is 0 Å². The molecule has 0 bridgehead atoms. The van der Waals surface area contributed by atoms with E-state index in [1.165, 1.54) is 4.90 Å². The summed E-state index contributed by atoms with van der Waals surface area (Å²) in [5.41, 5.74) is 5.45. The molecule has 2 rings (SSSR count). The third kappa shape index (κ3) is 1.39. The average Bonchev–Trinajstić information content (AvgIpc) is 2.82. The lowest BCUT2D eigenvalue weighted by Crippen LogP contribution is -2.55. The van der Waals surface area contributed by atoms with Crippen LogP contribution in [0, 0.1) is 11.8 Å². The van der Waals surface area contributed by atoms with Crippen molar-refractivity contribution in [1.82, 2.24) is 4.90 Å². The van der Waals surface area contributed by atoms with Crippen LogP contribution in [0.1, 0.15) is 39.5 Å². The third-order valence-electron chi connectivity index (χ3n) is 4.36. The molecular weight excluding hydrogens is 204 g/mol. The van der Waals surface area contributed by atoms with E-state index in [1.54, 1.807) is 0 Å². The lowest BCUT2D eigenvalue weighted by atomic mass is 9.95. The second-order valence-corrected chi connectivity index (χ2v) is 5.22. The zero-order valence-corrected chi connectivity index (χ0v) is 10.0. The maximum absolute atomic E-state index is 12.1. The first-order chi connectivity index (χ1) is 7.53. The summed E-state index contributed by atoms with van der Waals surface area (Å²) in [5, 5.41) is 0. The Kier molecular flexibility index (Phi) is 2.78. The number of nitrogens with zero attached hydrogens (tertiary/aromatic N) is 1. The Morgan fingerprint density at radius 2 is 1.62 bits per heavy atom. The monoisotopic (exact) mass is 224 g/mol. The highest BCUT2D eigenvalue weighted by atomic mass is 16.2. The zero-order chi connectivity index (χ0) is 11.9. The molecule has 0 aromatic carbocycles. The lowest BCUT2D eigenvalue weighted by Gasteiger charge is -2.36. The summed E-state index contributed by atoms with van der Waals surface area (Å²) >= 11 is 0. The fraction of sp³-hybridized carbons (Fsp3) is 0.833. The van der Waals surface area contributed by atoms with Gasteiger partial charge in [-0.3, -0.25) is 14.5 Å². The molecule has 1 saturated heterocycles. The van der Waals surface area contributed by atoms with Gasteiger partial charge in [0, 0.05) is 18.4 Å². The van der Waals surface area contributed by atoms with E-state index in [2.05, 4.69) is 0 Å². The number of carbonyl (C=O) groups excluding carboxylic acids is 2. The van der Waals surface area contributed by atoms with Crippen molar-refractivity contribution in [2.75, 3.05) is 6.54 Å². The van der Waals surface area contributed by atoms with Gasteiger partial charge in [-0.2, -0.15) is 0 Å². The lowest BCUT2D eigenvalue weighted by molar-refractivity contribution is -0.146. The van der Waals surface area contributed by atoms with Gasteiger partial charge < -0.3 is 5.73 Å². The molecule has 0 aromatic rings. The first-order valence-corrected chi connectivity index (χ1v) is 6.11. The second-order valence-electron chi connectivity index (χ2n) is 5.22. The maximum Gasteiger partial charge on any atom is 0.233 e. The molecule has 2 atom stereocenters. The fourth-order valence-corrected chi connectivity index (χ4v) is 2.96. The van der Waals surface area contributed by atoms with E-state index in [1.807, 2.05) is 13.8 Å². The van der Waals surface area contributed by atoms with Gasteiger partial charge in [0.15, 0.2) is 0 Å². The molecule has 2 fully saturated rings. The van der Waals surface area contributed by atoms with E-state index in [4.69, 9.17) is 5.73 Å². The minimum atomic E-state index is -0.368. The number of rotatable bonds is 2. The molecule has 0 radical (unpaired) electrons. The van der Waals surface area contributed by atoms with Gasteiger partial charge in [0.1, 0.15) is 0 Å². The van der Waals surface area contributed by atoms with Gasteiger partial charge in [-0.25, -0.2) is 0 Å². The molecule has 0 spiro atoms. The number of likely N-dealkylation sites (tertiary alicyclic amines) is 1. The van der Waals surface area contributed by atoms with E-state index in [-0.39, 0.29) is 29.2 Å². The minimum Gasteiger partial charge on any atom is -0.328 e. The van der Waals surface area contributed by atoms with Crippen molar-refractivity contribution in [2.45, 2.75) is 45.1 Å². The Bertz CT molecular complexity index is 301. The van der Waals surface area contributed by atoms with Crippen LogP contribution in [0.25, 0.3) is 0 Å². The SMILES string of the molecule is CC1C(=O)N(C2(CN)CCCC2)C(=O)C1C. The summed E-state index contributed by atoms with van der Waals surface area (Å²) < 4.78 is 0. The Hall–Kier alpha value is -0.900. The number of amides is 2. The second kappa shape index (κ2) is 3.84. The van der Waals surface area contributed by atoms with Gasteiger partial charge >= 0.3 is 0 Å². The van der Waals surface area contributed by atoms with Crippen molar-refractivity contribution in [3.05, 3.63) is 0 Å². The highest BCUT2D eigenvalue weighted by Crippen LogP contribution is 2.40. The van der Waals surface area contributed by atoms with Gasteiger partial charge in [-0.1, -0.05) is 26.7 Å². The van der Waals surface area contributed by atoms with E-state index < -0.39 is 0 Å². The van der Waals surface area contributed by atoms with Crippen LogP contribution in [-0.2, 0) is 9.59 Å². The molecule has 90 valence electrons. The molecule has 2 N–H and O–H groups in total.